The van der Waals surface area contributed by atoms with Crippen molar-refractivity contribution in [3.63, 3.8) is 0 Å². The predicted octanol–water partition coefficient (Wildman–Crippen LogP) is 3.40. The summed E-state index contributed by atoms with van der Waals surface area (Å²) >= 11 is 0. The van der Waals surface area contributed by atoms with Gasteiger partial charge in [0.2, 0.25) is 5.91 Å². The van der Waals surface area contributed by atoms with Crippen molar-refractivity contribution in [1.29, 1.82) is 0 Å². The molecule has 20 heavy (non-hydrogen) atoms. The number of carbonyl (C=O) groups excluding carboxylic acids is 1. The van der Waals surface area contributed by atoms with Gasteiger partial charge in [-0.25, -0.2) is 0 Å². The number of carbonyl (C=O) groups is 1. The maximum Gasteiger partial charge on any atom is 0.416 e. The van der Waals surface area contributed by atoms with Gasteiger partial charge in [0.15, 0.2) is 0 Å². The number of hydrogen-bond acceptors (Lipinski definition) is 1. The summed E-state index contributed by atoms with van der Waals surface area (Å²) in [5.41, 5.74) is 6.49. The van der Waals surface area contributed by atoms with Crippen LogP contribution in [0.5, 0.6) is 0 Å². The van der Waals surface area contributed by atoms with Crippen LogP contribution in [0.2, 0.25) is 0 Å². The number of amides is 1. The Morgan fingerprint density at radius 3 is 2.15 bits per heavy atom. The van der Waals surface area contributed by atoms with Crippen molar-refractivity contribution in [2.75, 3.05) is 0 Å². The Morgan fingerprint density at radius 1 is 1.00 bits per heavy atom. The summed E-state index contributed by atoms with van der Waals surface area (Å²) in [7, 11) is 0. The zero-order chi connectivity index (χ0) is 14.8. The van der Waals surface area contributed by atoms with Crippen LogP contribution in [0.25, 0.3) is 11.1 Å². The highest BCUT2D eigenvalue weighted by Crippen LogP contribution is 2.31. The maximum absolute atomic E-state index is 12.5. The van der Waals surface area contributed by atoms with Crippen LogP contribution in [-0.4, -0.2) is 5.91 Å². The molecule has 0 aromatic heterocycles. The van der Waals surface area contributed by atoms with Crippen molar-refractivity contribution in [3.05, 3.63) is 59.7 Å². The standard InChI is InChI=1S/C15H12F3NO/c16-15(17,18)12-7-5-10(6-8-12)13-4-2-1-3-11(13)9-14(19)20/h1-8H,9H2,(H2,19,20). The van der Waals surface area contributed by atoms with Gasteiger partial charge < -0.3 is 5.73 Å². The lowest BCUT2D eigenvalue weighted by Gasteiger charge is -2.10. The van der Waals surface area contributed by atoms with Crippen molar-refractivity contribution >= 4 is 5.91 Å². The lowest BCUT2D eigenvalue weighted by molar-refractivity contribution is -0.137. The SMILES string of the molecule is NC(=O)Cc1ccccc1-c1ccc(C(F)(F)F)cc1. The molecule has 0 aliphatic carbocycles. The Hall–Kier alpha value is -2.30. The van der Waals surface area contributed by atoms with E-state index in [2.05, 4.69) is 0 Å². The first kappa shape index (κ1) is 14.1. The van der Waals surface area contributed by atoms with Gasteiger partial charge in [-0.05, 0) is 28.8 Å². The van der Waals surface area contributed by atoms with E-state index >= 15 is 0 Å². The highest BCUT2D eigenvalue weighted by Gasteiger charge is 2.30. The Bertz CT molecular complexity index is 618. The second kappa shape index (κ2) is 5.36. The topological polar surface area (TPSA) is 43.1 Å². The van der Waals surface area contributed by atoms with E-state index < -0.39 is 17.6 Å². The van der Waals surface area contributed by atoms with Crippen LogP contribution >= 0.6 is 0 Å². The van der Waals surface area contributed by atoms with Gasteiger partial charge in [-0.15, -0.1) is 0 Å². The molecule has 0 bridgehead atoms. The first-order valence-electron chi connectivity index (χ1n) is 5.92. The molecule has 0 spiro atoms. The van der Waals surface area contributed by atoms with Gasteiger partial charge in [0, 0.05) is 0 Å². The summed E-state index contributed by atoms with van der Waals surface area (Å²) in [6.07, 6.45) is -4.30. The number of halogens is 3. The molecule has 0 aliphatic heterocycles. The van der Waals surface area contributed by atoms with Crippen molar-refractivity contribution < 1.29 is 18.0 Å². The molecule has 1 amide bonds. The van der Waals surface area contributed by atoms with E-state index in [1.54, 1.807) is 24.3 Å². The van der Waals surface area contributed by atoms with Crippen molar-refractivity contribution in [3.8, 4) is 11.1 Å². The number of hydrogen-bond donors (Lipinski definition) is 1. The smallest absolute Gasteiger partial charge is 0.369 e. The van der Waals surface area contributed by atoms with E-state index in [0.29, 0.717) is 16.7 Å². The molecule has 2 aromatic rings. The molecular weight excluding hydrogens is 267 g/mol. The highest BCUT2D eigenvalue weighted by atomic mass is 19.4. The molecule has 2 rings (SSSR count). The molecule has 0 radical (unpaired) electrons. The van der Waals surface area contributed by atoms with Crippen LogP contribution in [0.1, 0.15) is 11.1 Å². The predicted molar refractivity (Wildman–Crippen MR) is 69.8 cm³/mol. The van der Waals surface area contributed by atoms with E-state index in [0.717, 1.165) is 12.1 Å². The minimum absolute atomic E-state index is 0.0528. The van der Waals surface area contributed by atoms with Gasteiger partial charge in [-0.3, -0.25) is 4.79 Å². The fraction of sp³-hybridized carbons (Fsp3) is 0.133. The minimum atomic E-state index is -4.36. The third-order valence-electron chi connectivity index (χ3n) is 2.91. The summed E-state index contributed by atoms with van der Waals surface area (Å²) in [5, 5.41) is 0. The number of alkyl halides is 3. The molecule has 0 heterocycles. The summed E-state index contributed by atoms with van der Waals surface area (Å²) in [5.74, 6) is -0.482. The number of nitrogens with two attached hydrogens (primary N) is 1. The largest absolute Gasteiger partial charge is 0.416 e. The molecule has 2 nitrogen and oxygen atoms in total. The molecule has 104 valence electrons. The monoisotopic (exact) mass is 279 g/mol. The van der Waals surface area contributed by atoms with Gasteiger partial charge in [-0.2, -0.15) is 13.2 Å². The Kier molecular flexibility index (Phi) is 3.79. The first-order chi connectivity index (χ1) is 9.38. The summed E-state index contributed by atoms with van der Waals surface area (Å²) in [6.45, 7) is 0. The fourth-order valence-corrected chi connectivity index (χ4v) is 1.98. The zero-order valence-corrected chi connectivity index (χ0v) is 10.4. The van der Waals surface area contributed by atoms with Gasteiger partial charge >= 0.3 is 6.18 Å². The third kappa shape index (κ3) is 3.17. The Labute approximate surface area is 114 Å². The van der Waals surface area contributed by atoms with E-state index in [4.69, 9.17) is 5.73 Å². The molecular formula is C15H12F3NO. The molecule has 2 N–H and O–H groups in total. The van der Waals surface area contributed by atoms with Crippen LogP contribution in [0.3, 0.4) is 0 Å². The lowest BCUT2D eigenvalue weighted by Crippen LogP contribution is -2.14. The normalized spacial score (nSPS) is 11.3. The van der Waals surface area contributed by atoms with Gasteiger partial charge in [0.1, 0.15) is 0 Å². The van der Waals surface area contributed by atoms with Crippen LogP contribution in [-0.2, 0) is 17.4 Å². The van der Waals surface area contributed by atoms with E-state index in [1.165, 1.54) is 12.1 Å². The maximum atomic E-state index is 12.5. The zero-order valence-electron chi connectivity index (χ0n) is 10.4. The van der Waals surface area contributed by atoms with Crippen molar-refractivity contribution in [1.82, 2.24) is 0 Å². The average molecular weight is 279 g/mol. The minimum Gasteiger partial charge on any atom is -0.369 e. The second-order valence-corrected chi connectivity index (χ2v) is 4.38. The molecule has 0 atom stereocenters. The van der Waals surface area contributed by atoms with E-state index in [9.17, 15) is 18.0 Å². The number of benzene rings is 2. The van der Waals surface area contributed by atoms with Crippen LogP contribution < -0.4 is 5.73 Å². The van der Waals surface area contributed by atoms with Gasteiger partial charge in [-0.1, -0.05) is 36.4 Å². The van der Waals surface area contributed by atoms with Crippen molar-refractivity contribution in [2.45, 2.75) is 12.6 Å². The quantitative estimate of drug-likeness (QED) is 0.919. The lowest BCUT2D eigenvalue weighted by atomic mass is 9.97. The summed E-state index contributed by atoms with van der Waals surface area (Å²) in [6, 6.07) is 11.8. The average Bonchev–Trinajstić information content (AvgIpc) is 2.38. The molecule has 0 saturated carbocycles. The van der Waals surface area contributed by atoms with Crippen LogP contribution in [0, 0.1) is 0 Å². The number of rotatable bonds is 3. The first-order valence-corrected chi connectivity index (χ1v) is 5.92. The molecule has 0 fully saturated rings. The van der Waals surface area contributed by atoms with Crippen LogP contribution in [0.4, 0.5) is 13.2 Å². The molecule has 0 aliphatic rings. The summed E-state index contributed by atoms with van der Waals surface area (Å²) in [4.78, 5) is 11.0. The third-order valence-corrected chi connectivity index (χ3v) is 2.91. The fourth-order valence-electron chi connectivity index (χ4n) is 1.98. The highest BCUT2D eigenvalue weighted by molar-refractivity contribution is 5.80. The van der Waals surface area contributed by atoms with E-state index in [1.807, 2.05) is 0 Å². The molecule has 0 unspecified atom stereocenters. The second-order valence-electron chi connectivity index (χ2n) is 4.38. The number of primary amides is 1. The van der Waals surface area contributed by atoms with Crippen LogP contribution in [0.15, 0.2) is 48.5 Å². The van der Waals surface area contributed by atoms with Crippen molar-refractivity contribution in [2.24, 2.45) is 5.73 Å². The molecule has 2 aromatic carbocycles. The van der Waals surface area contributed by atoms with Gasteiger partial charge in [0.25, 0.3) is 0 Å². The molecule has 5 heteroatoms. The van der Waals surface area contributed by atoms with Gasteiger partial charge in [0.05, 0.1) is 12.0 Å². The molecule has 0 saturated heterocycles. The summed E-state index contributed by atoms with van der Waals surface area (Å²) < 4.78 is 37.5. The van der Waals surface area contributed by atoms with E-state index in [-0.39, 0.29) is 6.42 Å². The Morgan fingerprint density at radius 2 is 1.60 bits per heavy atom. The Balaban J connectivity index is 2.39.